The molecule has 2 nitrogen and oxygen atoms in total. The second kappa shape index (κ2) is 4.24. The topological polar surface area (TPSA) is 24.1 Å². The highest BCUT2D eigenvalue weighted by atomic mass is 15.0. The highest BCUT2D eigenvalue weighted by Crippen LogP contribution is 2.16. The summed E-state index contributed by atoms with van der Waals surface area (Å²) in [7, 11) is 0. The minimum absolute atomic E-state index is 0.777. The monoisotopic (exact) mass is 168 g/mol. The summed E-state index contributed by atoms with van der Waals surface area (Å²) in [4.78, 5) is 0. The third kappa shape index (κ3) is 1.99. The maximum Gasteiger partial charge on any atom is 0.0221 e. The van der Waals surface area contributed by atoms with E-state index in [2.05, 4.69) is 10.6 Å². The van der Waals surface area contributed by atoms with Gasteiger partial charge in [0.25, 0.3) is 0 Å². The number of piperidine rings is 2. The molecule has 0 aromatic carbocycles. The van der Waals surface area contributed by atoms with Crippen LogP contribution in [-0.2, 0) is 0 Å². The molecule has 2 rings (SSSR count). The lowest BCUT2D eigenvalue weighted by atomic mass is 9.92. The standard InChI is InChI=1S/C10H20N2/c1-3-7-11-9(5-1)10-6-2-4-8-12-10/h9-12H,1-8H2/t9-,10-/m1/s1. The lowest BCUT2D eigenvalue weighted by Gasteiger charge is -2.34. The molecule has 0 spiro atoms. The van der Waals surface area contributed by atoms with Crippen molar-refractivity contribution in [2.45, 2.75) is 50.6 Å². The highest BCUT2D eigenvalue weighted by Gasteiger charge is 2.23. The van der Waals surface area contributed by atoms with Gasteiger partial charge in [0, 0.05) is 12.1 Å². The van der Waals surface area contributed by atoms with E-state index in [0.29, 0.717) is 0 Å². The van der Waals surface area contributed by atoms with Crippen molar-refractivity contribution in [2.24, 2.45) is 0 Å². The molecule has 0 unspecified atom stereocenters. The van der Waals surface area contributed by atoms with Gasteiger partial charge in [-0.3, -0.25) is 0 Å². The second-order valence-corrected chi connectivity index (χ2v) is 4.11. The Labute approximate surface area is 75.1 Å². The van der Waals surface area contributed by atoms with Gasteiger partial charge in [0.1, 0.15) is 0 Å². The maximum absolute atomic E-state index is 3.63. The molecule has 0 radical (unpaired) electrons. The molecular weight excluding hydrogens is 148 g/mol. The van der Waals surface area contributed by atoms with Crippen LogP contribution in [0.4, 0.5) is 0 Å². The van der Waals surface area contributed by atoms with Crippen LogP contribution >= 0.6 is 0 Å². The Morgan fingerprint density at radius 2 is 1.17 bits per heavy atom. The second-order valence-electron chi connectivity index (χ2n) is 4.11. The van der Waals surface area contributed by atoms with Crippen molar-refractivity contribution in [3.8, 4) is 0 Å². The lowest BCUT2D eigenvalue weighted by molar-refractivity contribution is 0.272. The molecule has 2 atom stereocenters. The molecule has 0 saturated carbocycles. The van der Waals surface area contributed by atoms with Crippen LogP contribution in [0.2, 0.25) is 0 Å². The lowest BCUT2D eigenvalue weighted by Crippen LogP contribution is -2.51. The summed E-state index contributed by atoms with van der Waals surface area (Å²) in [6.45, 7) is 2.48. The Hall–Kier alpha value is -0.0800. The van der Waals surface area contributed by atoms with Crippen molar-refractivity contribution in [1.82, 2.24) is 10.6 Å². The van der Waals surface area contributed by atoms with Gasteiger partial charge in [0.2, 0.25) is 0 Å². The summed E-state index contributed by atoms with van der Waals surface area (Å²) in [5, 5.41) is 7.25. The van der Waals surface area contributed by atoms with Crippen LogP contribution in [0.3, 0.4) is 0 Å². The molecule has 2 fully saturated rings. The van der Waals surface area contributed by atoms with Gasteiger partial charge in [-0.25, -0.2) is 0 Å². The fourth-order valence-electron chi connectivity index (χ4n) is 2.44. The Bertz CT molecular complexity index is 108. The average molecular weight is 168 g/mol. The number of hydrogen-bond donors (Lipinski definition) is 2. The van der Waals surface area contributed by atoms with E-state index < -0.39 is 0 Å². The van der Waals surface area contributed by atoms with E-state index >= 15 is 0 Å². The van der Waals surface area contributed by atoms with Crippen LogP contribution in [0.15, 0.2) is 0 Å². The molecule has 70 valence electrons. The molecule has 2 aliphatic heterocycles. The predicted molar refractivity (Wildman–Crippen MR) is 51.3 cm³/mol. The maximum atomic E-state index is 3.63. The zero-order valence-corrected chi connectivity index (χ0v) is 7.81. The third-order valence-electron chi connectivity index (χ3n) is 3.18. The Balaban J connectivity index is 1.80. The number of rotatable bonds is 1. The molecule has 2 saturated heterocycles. The van der Waals surface area contributed by atoms with E-state index in [1.807, 2.05) is 0 Å². The van der Waals surface area contributed by atoms with E-state index in [0.717, 1.165) is 12.1 Å². The van der Waals surface area contributed by atoms with Crippen molar-refractivity contribution >= 4 is 0 Å². The quantitative estimate of drug-likeness (QED) is 0.616. The van der Waals surface area contributed by atoms with Crippen LogP contribution in [0.1, 0.15) is 38.5 Å². The third-order valence-corrected chi connectivity index (χ3v) is 3.18. The summed E-state index contributed by atoms with van der Waals surface area (Å²) in [5.41, 5.74) is 0. The summed E-state index contributed by atoms with van der Waals surface area (Å²) >= 11 is 0. The van der Waals surface area contributed by atoms with Crippen molar-refractivity contribution in [3.05, 3.63) is 0 Å². The van der Waals surface area contributed by atoms with E-state index in [9.17, 15) is 0 Å². The molecule has 2 heterocycles. The van der Waals surface area contributed by atoms with Crippen molar-refractivity contribution < 1.29 is 0 Å². The van der Waals surface area contributed by atoms with Gasteiger partial charge in [-0.15, -0.1) is 0 Å². The van der Waals surface area contributed by atoms with Gasteiger partial charge in [-0.2, -0.15) is 0 Å². The van der Waals surface area contributed by atoms with Crippen molar-refractivity contribution in [2.75, 3.05) is 13.1 Å². The Morgan fingerprint density at radius 1 is 0.667 bits per heavy atom. The van der Waals surface area contributed by atoms with E-state index in [-0.39, 0.29) is 0 Å². The molecule has 0 aliphatic carbocycles. The minimum Gasteiger partial charge on any atom is -0.312 e. The molecule has 2 N–H and O–H groups in total. The fourth-order valence-corrected chi connectivity index (χ4v) is 2.44. The number of nitrogens with one attached hydrogen (secondary N) is 2. The summed E-state index contributed by atoms with van der Waals surface area (Å²) in [6.07, 6.45) is 8.38. The Kier molecular flexibility index (Phi) is 3.01. The molecule has 0 amide bonds. The van der Waals surface area contributed by atoms with Crippen molar-refractivity contribution in [3.63, 3.8) is 0 Å². The highest BCUT2D eigenvalue weighted by molar-refractivity contribution is 4.86. The van der Waals surface area contributed by atoms with Gasteiger partial charge < -0.3 is 10.6 Å². The first-order chi connectivity index (χ1) is 5.97. The first kappa shape index (κ1) is 8.52. The van der Waals surface area contributed by atoms with Crippen LogP contribution in [0.25, 0.3) is 0 Å². The first-order valence-electron chi connectivity index (χ1n) is 5.43. The van der Waals surface area contributed by atoms with Gasteiger partial charge in [-0.05, 0) is 38.8 Å². The molecule has 2 heteroatoms. The largest absolute Gasteiger partial charge is 0.312 e. The molecular formula is C10H20N2. The Morgan fingerprint density at radius 3 is 1.50 bits per heavy atom. The zero-order valence-electron chi connectivity index (χ0n) is 7.81. The van der Waals surface area contributed by atoms with Gasteiger partial charge in [-0.1, -0.05) is 12.8 Å². The SMILES string of the molecule is C1CC[C@H]([C@H]2CCCCN2)NC1. The summed E-state index contributed by atoms with van der Waals surface area (Å²) in [6, 6.07) is 1.55. The van der Waals surface area contributed by atoms with Gasteiger partial charge in [0.15, 0.2) is 0 Å². The molecule has 12 heavy (non-hydrogen) atoms. The minimum atomic E-state index is 0.777. The molecule has 0 aromatic rings. The normalized spacial score (nSPS) is 38.0. The smallest absolute Gasteiger partial charge is 0.0221 e. The fraction of sp³-hybridized carbons (Fsp3) is 1.00. The zero-order chi connectivity index (χ0) is 8.23. The van der Waals surface area contributed by atoms with Crippen molar-refractivity contribution in [1.29, 1.82) is 0 Å². The van der Waals surface area contributed by atoms with Crippen LogP contribution in [0, 0.1) is 0 Å². The van der Waals surface area contributed by atoms with Gasteiger partial charge >= 0.3 is 0 Å². The molecule has 2 aliphatic rings. The predicted octanol–water partition coefficient (Wildman–Crippen LogP) is 1.27. The van der Waals surface area contributed by atoms with Crippen LogP contribution < -0.4 is 10.6 Å². The van der Waals surface area contributed by atoms with Crippen LogP contribution in [0.5, 0.6) is 0 Å². The van der Waals surface area contributed by atoms with Crippen LogP contribution in [-0.4, -0.2) is 25.2 Å². The summed E-state index contributed by atoms with van der Waals surface area (Å²) in [5.74, 6) is 0. The number of hydrogen-bond acceptors (Lipinski definition) is 2. The van der Waals surface area contributed by atoms with E-state index in [4.69, 9.17) is 0 Å². The average Bonchev–Trinajstić information content (AvgIpc) is 2.21. The molecule has 0 bridgehead atoms. The first-order valence-corrected chi connectivity index (χ1v) is 5.43. The molecule has 0 aromatic heterocycles. The van der Waals surface area contributed by atoms with Gasteiger partial charge in [0.05, 0.1) is 0 Å². The van der Waals surface area contributed by atoms with E-state index in [1.165, 1.54) is 51.6 Å². The summed E-state index contributed by atoms with van der Waals surface area (Å²) < 4.78 is 0. The van der Waals surface area contributed by atoms with E-state index in [1.54, 1.807) is 0 Å².